The van der Waals surface area contributed by atoms with Crippen molar-refractivity contribution in [1.82, 2.24) is 15.0 Å². The summed E-state index contributed by atoms with van der Waals surface area (Å²) in [6.07, 6.45) is 0.0576. The zero-order chi connectivity index (χ0) is 13.8. The standard InChI is InChI=1S/C13H16N4O2/c1-8(2)19-10-7-5-4-6-9(10)11-15-12(14)17-13(16-11)18-3/h4-8H,1-3H3,(H2,14,15,16,17). The van der Waals surface area contributed by atoms with Crippen molar-refractivity contribution in [2.75, 3.05) is 12.8 Å². The van der Waals surface area contributed by atoms with Gasteiger partial charge in [0, 0.05) is 0 Å². The van der Waals surface area contributed by atoms with Crippen LogP contribution < -0.4 is 15.2 Å². The topological polar surface area (TPSA) is 83.2 Å². The van der Waals surface area contributed by atoms with Crippen LogP contribution in [0.15, 0.2) is 24.3 Å². The number of nitrogens with zero attached hydrogens (tertiary/aromatic N) is 3. The lowest BCUT2D eigenvalue weighted by atomic mass is 10.2. The molecule has 1 aromatic heterocycles. The molecule has 100 valence electrons. The van der Waals surface area contributed by atoms with Gasteiger partial charge in [-0.05, 0) is 26.0 Å². The van der Waals surface area contributed by atoms with Gasteiger partial charge in [0.15, 0.2) is 5.82 Å². The molecule has 6 heteroatoms. The average molecular weight is 260 g/mol. The van der Waals surface area contributed by atoms with E-state index in [1.54, 1.807) is 0 Å². The van der Waals surface area contributed by atoms with Gasteiger partial charge in [-0.2, -0.15) is 15.0 Å². The quantitative estimate of drug-likeness (QED) is 0.904. The third-order valence-electron chi connectivity index (χ3n) is 2.31. The smallest absolute Gasteiger partial charge is 0.321 e. The van der Waals surface area contributed by atoms with E-state index in [0.717, 1.165) is 5.56 Å². The predicted molar refractivity (Wildman–Crippen MR) is 72.0 cm³/mol. The molecule has 1 aromatic carbocycles. The highest BCUT2D eigenvalue weighted by Crippen LogP contribution is 2.28. The summed E-state index contributed by atoms with van der Waals surface area (Å²) in [7, 11) is 1.48. The maximum absolute atomic E-state index is 5.73. The van der Waals surface area contributed by atoms with E-state index in [-0.39, 0.29) is 18.1 Å². The Kier molecular flexibility index (Phi) is 3.79. The monoisotopic (exact) mass is 260 g/mol. The number of para-hydroxylation sites is 1. The summed E-state index contributed by atoms with van der Waals surface area (Å²) in [4.78, 5) is 12.2. The summed E-state index contributed by atoms with van der Waals surface area (Å²) in [6, 6.07) is 7.69. The van der Waals surface area contributed by atoms with Crippen LogP contribution in [0, 0.1) is 0 Å². The Labute approximate surface area is 111 Å². The summed E-state index contributed by atoms with van der Waals surface area (Å²) in [5.74, 6) is 1.24. The summed E-state index contributed by atoms with van der Waals surface area (Å²) < 4.78 is 10.7. The minimum atomic E-state index is 0.0576. The number of hydrogen-bond donors (Lipinski definition) is 1. The Morgan fingerprint density at radius 1 is 1.11 bits per heavy atom. The summed E-state index contributed by atoms with van der Waals surface area (Å²) in [5, 5.41) is 0. The minimum absolute atomic E-state index is 0.0576. The van der Waals surface area contributed by atoms with Crippen molar-refractivity contribution in [1.29, 1.82) is 0 Å². The average Bonchev–Trinajstić information content (AvgIpc) is 2.38. The molecule has 0 unspecified atom stereocenters. The summed E-state index contributed by atoms with van der Waals surface area (Å²) >= 11 is 0. The number of benzene rings is 1. The lowest BCUT2D eigenvalue weighted by Crippen LogP contribution is -2.08. The van der Waals surface area contributed by atoms with Gasteiger partial charge in [0.05, 0.1) is 18.8 Å². The van der Waals surface area contributed by atoms with Crippen LogP contribution in [0.25, 0.3) is 11.4 Å². The second-order valence-corrected chi connectivity index (χ2v) is 4.17. The highest BCUT2D eigenvalue weighted by atomic mass is 16.5. The fraction of sp³-hybridized carbons (Fsp3) is 0.308. The summed E-state index contributed by atoms with van der Waals surface area (Å²) in [6.45, 7) is 3.91. The highest BCUT2D eigenvalue weighted by molar-refractivity contribution is 5.64. The van der Waals surface area contributed by atoms with Gasteiger partial charge in [0.2, 0.25) is 5.95 Å². The van der Waals surface area contributed by atoms with Crippen LogP contribution in [0.1, 0.15) is 13.8 Å². The SMILES string of the molecule is COc1nc(N)nc(-c2ccccc2OC(C)C)n1. The van der Waals surface area contributed by atoms with Crippen LogP contribution in [0.3, 0.4) is 0 Å². The molecule has 0 saturated heterocycles. The molecule has 0 radical (unpaired) electrons. The molecule has 0 aliphatic heterocycles. The molecule has 0 spiro atoms. The number of ether oxygens (including phenoxy) is 2. The Morgan fingerprint density at radius 2 is 1.84 bits per heavy atom. The zero-order valence-electron chi connectivity index (χ0n) is 11.1. The second kappa shape index (κ2) is 5.51. The molecule has 0 fully saturated rings. The number of methoxy groups -OCH3 is 1. The molecule has 19 heavy (non-hydrogen) atoms. The molecule has 2 aromatic rings. The fourth-order valence-corrected chi connectivity index (χ4v) is 1.59. The van der Waals surface area contributed by atoms with Gasteiger partial charge in [-0.1, -0.05) is 12.1 Å². The van der Waals surface area contributed by atoms with Crippen molar-refractivity contribution in [3.8, 4) is 23.1 Å². The number of anilines is 1. The first-order chi connectivity index (χ1) is 9.10. The van der Waals surface area contributed by atoms with E-state index in [1.165, 1.54) is 7.11 Å². The van der Waals surface area contributed by atoms with Crippen molar-refractivity contribution in [3.63, 3.8) is 0 Å². The van der Waals surface area contributed by atoms with Crippen LogP contribution in [0.2, 0.25) is 0 Å². The first-order valence-corrected chi connectivity index (χ1v) is 5.91. The Balaban J connectivity index is 2.49. The largest absolute Gasteiger partial charge is 0.490 e. The van der Waals surface area contributed by atoms with Crippen LogP contribution in [0.4, 0.5) is 5.95 Å². The van der Waals surface area contributed by atoms with Crippen molar-refractivity contribution < 1.29 is 9.47 Å². The highest BCUT2D eigenvalue weighted by Gasteiger charge is 2.12. The molecule has 0 aliphatic carbocycles. The van der Waals surface area contributed by atoms with Gasteiger partial charge < -0.3 is 15.2 Å². The van der Waals surface area contributed by atoms with E-state index in [2.05, 4.69) is 15.0 Å². The third kappa shape index (κ3) is 3.09. The van der Waals surface area contributed by atoms with E-state index < -0.39 is 0 Å². The maximum Gasteiger partial charge on any atom is 0.321 e. The lowest BCUT2D eigenvalue weighted by molar-refractivity contribution is 0.243. The van der Waals surface area contributed by atoms with Gasteiger partial charge >= 0.3 is 6.01 Å². The predicted octanol–water partition coefficient (Wildman–Crippen LogP) is 1.92. The van der Waals surface area contributed by atoms with Crippen molar-refractivity contribution in [3.05, 3.63) is 24.3 Å². The molecule has 0 saturated carbocycles. The lowest BCUT2D eigenvalue weighted by Gasteiger charge is -2.13. The van der Waals surface area contributed by atoms with E-state index in [9.17, 15) is 0 Å². The molecule has 6 nitrogen and oxygen atoms in total. The van der Waals surface area contributed by atoms with Gasteiger partial charge in [0.25, 0.3) is 0 Å². The van der Waals surface area contributed by atoms with E-state index >= 15 is 0 Å². The van der Waals surface area contributed by atoms with Gasteiger partial charge in [-0.15, -0.1) is 0 Å². The number of nitrogen functional groups attached to an aromatic ring is 1. The molecular weight excluding hydrogens is 244 g/mol. The van der Waals surface area contributed by atoms with Gasteiger partial charge in [-0.25, -0.2) is 0 Å². The molecule has 0 aliphatic rings. The normalized spacial score (nSPS) is 10.5. The molecular formula is C13H16N4O2. The second-order valence-electron chi connectivity index (χ2n) is 4.17. The molecule has 2 N–H and O–H groups in total. The van der Waals surface area contributed by atoms with Crippen LogP contribution in [-0.4, -0.2) is 28.2 Å². The maximum atomic E-state index is 5.73. The molecule has 0 atom stereocenters. The van der Waals surface area contributed by atoms with Crippen molar-refractivity contribution >= 4 is 5.95 Å². The summed E-state index contributed by atoms with van der Waals surface area (Å²) in [5.41, 5.74) is 6.39. The van der Waals surface area contributed by atoms with Crippen molar-refractivity contribution in [2.45, 2.75) is 20.0 Å². The Morgan fingerprint density at radius 3 is 2.53 bits per heavy atom. The minimum Gasteiger partial charge on any atom is -0.490 e. The van der Waals surface area contributed by atoms with E-state index in [4.69, 9.17) is 15.2 Å². The van der Waals surface area contributed by atoms with Crippen LogP contribution >= 0.6 is 0 Å². The van der Waals surface area contributed by atoms with E-state index in [1.807, 2.05) is 38.1 Å². The zero-order valence-corrected chi connectivity index (χ0v) is 11.1. The van der Waals surface area contributed by atoms with Crippen LogP contribution in [-0.2, 0) is 0 Å². The molecule has 2 rings (SSSR count). The molecule has 0 amide bonds. The van der Waals surface area contributed by atoms with Crippen molar-refractivity contribution in [2.24, 2.45) is 0 Å². The van der Waals surface area contributed by atoms with Gasteiger partial charge in [0.1, 0.15) is 5.75 Å². The third-order valence-corrected chi connectivity index (χ3v) is 2.31. The number of rotatable bonds is 4. The Bertz CT molecular complexity index is 572. The van der Waals surface area contributed by atoms with Crippen LogP contribution in [0.5, 0.6) is 11.8 Å². The Hall–Kier alpha value is -2.37. The molecule has 0 bridgehead atoms. The number of nitrogens with two attached hydrogens (primary N) is 1. The van der Waals surface area contributed by atoms with Gasteiger partial charge in [-0.3, -0.25) is 0 Å². The first-order valence-electron chi connectivity index (χ1n) is 5.91. The number of aromatic nitrogens is 3. The fourth-order valence-electron chi connectivity index (χ4n) is 1.59. The first kappa shape index (κ1) is 13.1. The molecule has 1 heterocycles. The van der Waals surface area contributed by atoms with E-state index in [0.29, 0.717) is 11.6 Å². The number of hydrogen-bond acceptors (Lipinski definition) is 6.